The third-order valence-corrected chi connectivity index (χ3v) is 43.5. The highest BCUT2D eigenvalue weighted by Gasteiger charge is 2.46. The maximum absolute atomic E-state index is 12.9. The van der Waals surface area contributed by atoms with Crippen molar-refractivity contribution in [1.29, 1.82) is 0 Å². The standard InChI is InChI=1S/C19H22N2O.C19H22N2S.C14H14OP2S4/c2*1-13-11-15(3)18(16(4)12-13)21-10-9-20(19(21)22)17-8-6-5-7-14(17)2;1-11-3-7-13(8-4-11)16(18)20-17(19,21-16)14-9-5-12(15-2)6-10-14/h2*5-8,11-12H,9-10H2,1-4H3;3-10H,1-2H3. The van der Waals surface area contributed by atoms with Crippen LogP contribution >= 0.6 is 43.1 Å². The molecule has 0 N–H and O–H groups in total. The van der Waals surface area contributed by atoms with Gasteiger partial charge in [-0.3, -0.25) is 9.80 Å². The SMILES string of the molecule is COc1ccc(P2(=S)SP(=S)(c3ccc(C)cc3)S2)cc1.Cc1cc(C)c(N2CCN(c3ccccc3C)C2=O)c(C)c1.Cc1cc(C)c(N2CCN(c3ccccc3C)C2=S)c(C)c1. The number of carbonyl (C=O) groups excluding carboxylic acids is 1. The molecule has 0 spiro atoms. The second kappa shape index (κ2) is 20.5. The average Bonchev–Trinajstić information content (AvgIpc) is 3.81. The monoisotopic (exact) mass is 992 g/mol. The highest BCUT2D eigenvalue weighted by molar-refractivity contribution is 9.48. The van der Waals surface area contributed by atoms with E-state index in [2.05, 4.69) is 150 Å². The Hall–Kier alpha value is -3.92. The summed E-state index contributed by atoms with van der Waals surface area (Å²) in [6, 6.07) is 42.1. The number of rotatable bonds is 7. The van der Waals surface area contributed by atoms with E-state index in [1.165, 1.54) is 55.4 Å². The van der Waals surface area contributed by atoms with Crippen molar-refractivity contribution in [1.82, 2.24) is 0 Å². The Morgan fingerprint density at radius 3 is 1.32 bits per heavy atom. The van der Waals surface area contributed by atoms with Gasteiger partial charge in [0.05, 0.1) is 21.7 Å². The lowest BCUT2D eigenvalue weighted by atomic mass is 10.0. The largest absolute Gasteiger partial charge is 0.497 e. The number of nitrogens with zero attached hydrogens (tertiary/aromatic N) is 4. The van der Waals surface area contributed by atoms with Crippen molar-refractivity contribution in [3.8, 4) is 5.75 Å². The quantitative estimate of drug-likeness (QED) is 0.115. The third kappa shape index (κ3) is 10.6. The Balaban J connectivity index is 0.000000145. The smallest absolute Gasteiger partial charge is 0.329 e. The van der Waals surface area contributed by atoms with Crippen LogP contribution in [0.25, 0.3) is 0 Å². The fourth-order valence-corrected chi connectivity index (χ4v) is 51.5. The summed E-state index contributed by atoms with van der Waals surface area (Å²) in [7, 11) is 1.68. The van der Waals surface area contributed by atoms with E-state index in [0.717, 1.165) is 65.1 Å². The fraction of sp³-hybridized carbons (Fsp3) is 0.269. The highest BCUT2D eigenvalue weighted by Crippen LogP contribution is 3.04. The Morgan fingerprint density at radius 1 is 0.477 bits per heavy atom. The normalized spacial score (nSPS) is 19.0. The maximum atomic E-state index is 12.9. The number of thiocarbonyl (C=S) groups is 1. The molecule has 3 aliphatic heterocycles. The van der Waals surface area contributed by atoms with Gasteiger partial charge in [-0.15, -0.1) is 0 Å². The van der Waals surface area contributed by atoms with E-state index in [1.807, 2.05) is 75.1 Å². The van der Waals surface area contributed by atoms with E-state index in [-0.39, 0.29) is 6.03 Å². The first kappa shape index (κ1) is 49.0. The van der Waals surface area contributed by atoms with Gasteiger partial charge in [0.15, 0.2) is 5.11 Å². The highest BCUT2D eigenvalue weighted by atomic mass is 33.7. The molecule has 6 aromatic rings. The topological polar surface area (TPSA) is 39.3 Å². The summed E-state index contributed by atoms with van der Waals surface area (Å²) in [5, 5.41) is 3.43. The first-order valence-corrected chi connectivity index (χ1v) is 31.8. The molecule has 3 heterocycles. The molecular weight excluding hydrogens is 935 g/mol. The molecule has 0 bridgehead atoms. The van der Waals surface area contributed by atoms with Gasteiger partial charge >= 0.3 is 6.03 Å². The zero-order valence-electron chi connectivity index (χ0n) is 38.9. The van der Waals surface area contributed by atoms with Gasteiger partial charge in [-0.25, -0.2) is 4.79 Å². The number of hydrogen-bond acceptors (Lipinski definition) is 7. The van der Waals surface area contributed by atoms with E-state index in [1.54, 1.807) is 7.11 Å². The van der Waals surface area contributed by atoms with Crippen LogP contribution in [-0.4, -0.2) is 44.4 Å². The van der Waals surface area contributed by atoms with Gasteiger partial charge in [0.2, 0.25) is 0 Å². The van der Waals surface area contributed by atoms with Gasteiger partial charge in [-0.2, -0.15) is 0 Å². The number of anilines is 4. The van der Waals surface area contributed by atoms with Crippen LogP contribution in [-0.2, 0) is 23.6 Å². The van der Waals surface area contributed by atoms with E-state index in [9.17, 15) is 4.79 Å². The van der Waals surface area contributed by atoms with Gasteiger partial charge in [-0.1, -0.05) is 147 Å². The van der Waals surface area contributed by atoms with Gasteiger partial charge in [-0.05, 0) is 144 Å². The third-order valence-electron chi connectivity index (χ3n) is 11.8. The zero-order chi connectivity index (χ0) is 46.8. The van der Waals surface area contributed by atoms with Crippen LogP contribution in [0.1, 0.15) is 50.1 Å². The summed E-state index contributed by atoms with van der Waals surface area (Å²) in [6.07, 6.45) is 0. The minimum atomic E-state index is -1.62. The number of amides is 2. The molecule has 3 aliphatic rings. The molecule has 0 atom stereocenters. The van der Waals surface area contributed by atoms with Crippen molar-refractivity contribution in [2.45, 2.75) is 62.3 Å². The van der Waals surface area contributed by atoms with Crippen molar-refractivity contribution < 1.29 is 9.53 Å². The van der Waals surface area contributed by atoms with E-state index in [4.69, 9.17) is 40.6 Å². The molecule has 0 aromatic heterocycles. The lowest BCUT2D eigenvalue weighted by Gasteiger charge is -2.40. The lowest BCUT2D eigenvalue weighted by molar-refractivity contribution is 0.255. The van der Waals surface area contributed by atoms with Crippen LogP contribution in [0.2, 0.25) is 0 Å². The van der Waals surface area contributed by atoms with Crippen LogP contribution in [0.15, 0.2) is 121 Å². The van der Waals surface area contributed by atoms with E-state index < -0.39 is 8.88 Å². The van der Waals surface area contributed by atoms with E-state index in [0.29, 0.717) is 0 Å². The molecule has 6 nitrogen and oxygen atoms in total. The second-order valence-electron chi connectivity index (χ2n) is 16.9. The zero-order valence-corrected chi connectivity index (χ0v) is 44.8. The minimum Gasteiger partial charge on any atom is -0.497 e. The van der Waals surface area contributed by atoms with Crippen molar-refractivity contribution >= 4 is 111 Å². The number of aryl methyl sites for hydroxylation is 9. The second-order valence-corrected chi connectivity index (χ2v) is 38.6. The average molecular weight is 993 g/mol. The number of methoxy groups -OCH3 is 1. The molecular formula is C52H58N4O2P2S5. The number of ether oxygens (including phenoxy) is 1. The van der Waals surface area contributed by atoms with Gasteiger partial charge in [0.1, 0.15) is 5.75 Å². The van der Waals surface area contributed by atoms with Crippen LogP contribution in [0.3, 0.4) is 0 Å². The molecule has 13 heteroatoms. The number of benzene rings is 6. The van der Waals surface area contributed by atoms with Gasteiger partial charge in [0.25, 0.3) is 0 Å². The first-order valence-electron chi connectivity index (χ1n) is 21.7. The fourth-order valence-electron chi connectivity index (χ4n) is 8.83. The van der Waals surface area contributed by atoms with Gasteiger partial charge < -0.3 is 14.5 Å². The van der Waals surface area contributed by atoms with E-state index >= 15 is 0 Å². The van der Waals surface area contributed by atoms with Gasteiger partial charge in [0, 0.05) is 53.9 Å². The molecule has 0 radical (unpaired) electrons. The molecule has 9 rings (SSSR count). The predicted octanol–water partition coefficient (Wildman–Crippen LogP) is 14.0. The summed E-state index contributed by atoms with van der Waals surface area (Å²) in [6.45, 7) is 22.4. The number of hydrogen-bond donors (Lipinski definition) is 0. The Kier molecular flexibility index (Phi) is 15.5. The Labute approximate surface area is 410 Å². The predicted molar refractivity (Wildman–Crippen MR) is 298 cm³/mol. The molecule has 338 valence electrons. The summed E-state index contributed by atoms with van der Waals surface area (Å²) in [5.74, 6) is 0.869. The lowest BCUT2D eigenvalue weighted by Crippen LogP contribution is -2.32. The van der Waals surface area contributed by atoms with Crippen LogP contribution in [0, 0.1) is 62.3 Å². The van der Waals surface area contributed by atoms with Crippen molar-refractivity contribution in [3.05, 3.63) is 171 Å². The van der Waals surface area contributed by atoms with Crippen LogP contribution in [0.4, 0.5) is 27.5 Å². The molecule has 0 unspecified atom stereocenters. The molecule has 6 aromatic carbocycles. The van der Waals surface area contributed by atoms with Crippen LogP contribution in [0.5, 0.6) is 5.75 Å². The van der Waals surface area contributed by atoms with Crippen LogP contribution < -0.4 is 34.9 Å². The first-order chi connectivity index (χ1) is 30.9. The van der Waals surface area contributed by atoms with Crippen molar-refractivity contribution in [2.24, 2.45) is 0 Å². The maximum Gasteiger partial charge on any atom is 0.329 e. The summed E-state index contributed by atoms with van der Waals surface area (Å²) in [5.41, 5.74) is 15.7. The number of para-hydroxylation sites is 2. The Bertz CT molecular complexity index is 2670. The molecule has 3 saturated heterocycles. The Morgan fingerprint density at radius 2 is 0.862 bits per heavy atom. The minimum absolute atomic E-state index is 0.0735. The summed E-state index contributed by atoms with van der Waals surface area (Å²) < 4.78 is 2.00. The molecule has 0 saturated carbocycles. The summed E-state index contributed by atoms with van der Waals surface area (Å²) in [4.78, 5) is 21.2. The number of urea groups is 1. The van der Waals surface area contributed by atoms with Crippen molar-refractivity contribution in [2.75, 3.05) is 52.9 Å². The summed E-state index contributed by atoms with van der Waals surface area (Å²) >= 11 is 21.4. The number of carbonyl (C=O) groups is 1. The molecule has 3 fully saturated rings. The van der Waals surface area contributed by atoms with Crippen molar-refractivity contribution in [3.63, 3.8) is 0 Å². The molecule has 65 heavy (non-hydrogen) atoms. The molecule has 0 aliphatic carbocycles. The molecule has 2 amide bonds.